The first kappa shape index (κ1) is 13.5. The van der Waals surface area contributed by atoms with Gasteiger partial charge in [-0.2, -0.15) is 0 Å². The fraction of sp³-hybridized carbons (Fsp3) is 0.556. The van der Waals surface area contributed by atoms with Crippen LogP contribution in [0.5, 0.6) is 0 Å². The van der Waals surface area contributed by atoms with Crippen molar-refractivity contribution in [1.29, 1.82) is 0 Å². The van der Waals surface area contributed by atoms with Gasteiger partial charge in [0.15, 0.2) is 0 Å². The molecule has 4 unspecified atom stereocenters. The quantitative estimate of drug-likeness (QED) is 0.371. The third-order valence-electron chi connectivity index (χ3n) is 2.69. The number of carbonyl (C=O) groups is 1. The van der Waals surface area contributed by atoms with Gasteiger partial charge in [0.05, 0.1) is 0 Å². The Kier molecular flexibility index (Phi) is 3.71. The van der Waals surface area contributed by atoms with Crippen LogP contribution in [0.15, 0.2) is 0 Å². The number of ether oxygens (including phenoxy) is 1. The molecule has 2 rings (SSSR count). The van der Waals surface area contributed by atoms with Crippen molar-refractivity contribution in [3.05, 3.63) is 10.3 Å². The van der Waals surface area contributed by atoms with Crippen molar-refractivity contribution in [3.63, 3.8) is 0 Å². The summed E-state index contributed by atoms with van der Waals surface area (Å²) in [5.74, 6) is -0.740. The normalized spacial score (nSPS) is 31.7. The van der Waals surface area contributed by atoms with E-state index in [9.17, 15) is 15.0 Å². The Morgan fingerprint density at radius 2 is 2.11 bits per heavy atom. The van der Waals surface area contributed by atoms with Crippen molar-refractivity contribution in [2.45, 2.75) is 24.4 Å². The van der Waals surface area contributed by atoms with E-state index in [-0.39, 0.29) is 10.3 Å². The molecule has 0 saturated carbocycles. The zero-order valence-corrected chi connectivity index (χ0v) is 10.9. The summed E-state index contributed by atoms with van der Waals surface area (Å²) in [6.07, 6.45) is -4.14. The third kappa shape index (κ3) is 2.16. The van der Waals surface area contributed by atoms with E-state index < -0.39 is 51.4 Å². The second-order valence-electron chi connectivity index (χ2n) is 3.89. The molecule has 8 nitrogen and oxygen atoms in total. The van der Waals surface area contributed by atoms with Gasteiger partial charge in [0, 0.05) is 0 Å². The molecular formula is C9H13N3O5Se. The van der Waals surface area contributed by atoms with Crippen LogP contribution in [-0.4, -0.2) is 65.6 Å². The molecule has 7 N–H and O–H groups in total. The number of aliphatic hydroxyl groups excluding tert-OH is 3. The monoisotopic (exact) mass is 323 g/mol. The average molecular weight is 322 g/mol. The van der Waals surface area contributed by atoms with Gasteiger partial charge >= 0.3 is 108 Å². The van der Waals surface area contributed by atoms with Gasteiger partial charge in [-0.15, -0.1) is 0 Å². The fourth-order valence-corrected chi connectivity index (χ4v) is 3.67. The first-order valence-corrected chi connectivity index (χ1v) is 6.85. The van der Waals surface area contributed by atoms with Crippen LogP contribution in [-0.2, 0) is 4.74 Å². The molecule has 0 aliphatic carbocycles. The molecule has 1 aromatic rings. The Balaban J connectivity index is 2.27. The number of carbonyl (C=O) groups excluding carboxylic acids is 1. The van der Waals surface area contributed by atoms with E-state index in [0.29, 0.717) is 4.57 Å². The number of nitrogens with zero attached hydrogens (tertiary/aromatic N) is 1. The maximum absolute atomic E-state index is 11.0. The number of anilines is 1. The summed E-state index contributed by atoms with van der Waals surface area (Å²) in [5, 5.41) is 28.4. The zero-order chi connectivity index (χ0) is 13.4. The second-order valence-corrected chi connectivity index (χ2v) is 6.12. The topological polar surface area (TPSA) is 152 Å². The molecule has 100 valence electrons. The van der Waals surface area contributed by atoms with Crippen LogP contribution in [0.4, 0.5) is 4.56 Å². The molecule has 0 radical (unpaired) electrons. The van der Waals surface area contributed by atoms with Crippen LogP contribution < -0.4 is 11.5 Å². The minimum absolute atomic E-state index is 0.0252. The van der Waals surface area contributed by atoms with E-state index in [0.717, 1.165) is 0 Å². The third-order valence-corrected chi connectivity index (χ3v) is 4.67. The van der Waals surface area contributed by atoms with Gasteiger partial charge in [-0.05, 0) is 0 Å². The Hall–Kier alpha value is -0.961. The van der Waals surface area contributed by atoms with E-state index >= 15 is 0 Å². The van der Waals surface area contributed by atoms with Gasteiger partial charge in [0.25, 0.3) is 0 Å². The summed E-state index contributed by atoms with van der Waals surface area (Å²) in [7, 11) is 0. The number of nitrogens with two attached hydrogens (primary N) is 2. The van der Waals surface area contributed by atoms with Crippen molar-refractivity contribution in [2.75, 3.05) is 12.3 Å². The Bertz CT molecular complexity index is 465. The van der Waals surface area contributed by atoms with E-state index in [4.69, 9.17) is 21.3 Å². The van der Waals surface area contributed by atoms with E-state index in [2.05, 4.69) is 4.98 Å². The Labute approximate surface area is 108 Å². The molecule has 1 amide bonds. The molecule has 0 aromatic carbocycles. The summed E-state index contributed by atoms with van der Waals surface area (Å²) >= 11 is -0.458. The van der Waals surface area contributed by atoms with Crippen molar-refractivity contribution >= 4 is 25.0 Å². The standard InChI is InChI=1S/C9H13N3O5Se/c10-7(16)3-8(11)18-9(12-3)6-5(15)4(14)2(1-13)17-6/h2,4-6,13-15H,1,11H2,(H2,10,16). The molecule has 18 heavy (non-hydrogen) atoms. The molecule has 1 aromatic heterocycles. The number of hydrogen-bond acceptors (Lipinski definition) is 7. The Morgan fingerprint density at radius 1 is 1.44 bits per heavy atom. The van der Waals surface area contributed by atoms with Crippen molar-refractivity contribution in [2.24, 2.45) is 5.73 Å². The van der Waals surface area contributed by atoms with Crippen LogP contribution >= 0.6 is 0 Å². The number of aliphatic hydroxyl groups is 3. The number of nitrogen functional groups attached to an aromatic ring is 1. The van der Waals surface area contributed by atoms with Gasteiger partial charge in [-0.25, -0.2) is 0 Å². The van der Waals surface area contributed by atoms with Crippen LogP contribution in [0, 0.1) is 0 Å². The minimum atomic E-state index is -1.21. The van der Waals surface area contributed by atoms with Gasteiger partial charge in [0.1, 0.15) is 0 Å². The van der Waals surface area contributed by atoms with Crippen LogP contribution in [0.25, 0.3) is 0 Å². The summed E-state index contributed by atoms with van der Waals surface area (Å²) in [5.41, 5.74) is 10.7. The van der Waals surface area contributed by atoms with Gasteiger partial charge in [-0.1, -0.05) is 0 Å². The summed E-state index contributed by atoms with van der Waals surface area (Å²) in [4.78, 5) is 15.0. The van der Waals surface area contributed by atoms with Crippen molar-refractivity contribution < 1.29 is 24.9 Å². The molecule has 0 spiro atoms. The molecule has 1 aliphatic rings. The molecule has 1 fully saturated rings. The number of rotatable bonds is 3. The summed E-state index contributed by atoms with van der Waals surface area (Å²) < 4.78 is 5.95. The van der Waals surface area contributed by atoms with Gasteiger partial charge < -0.3 is 0 Å². The summed E-state index contributed by atoms with van der Waals surface area (Å²) in [6.45, 7) is -0.416. The Morgan fingerprint density at radius 3 is 2.56 bits per heavy atom. The predicted molar refractivity (Wildman–Crippen MR) is 60.8 cm³/mol. The van der Waals surface area contributed by atoms with Crippen molar-refractivity contribution in [1.82, 2.24) is 4.98 Å². The fourth-order valence-electron chi connectivity index (χ4n) is 1.75. The number of hydrogen-bond donors (Lipinski definition) is 5. The second kappa shape index (κ2) is 4.96. The van der Waals surface area contributed by atoms with Crippen LogP contribution in [0.1, 0.15) is 21.2 Å². The van der Waals surface area contributed by atoms with Crippen LogP contribution in [0.3, 0.4) is 0 Å². The molecule has 4 atom stereocenters. The molecule has 9 heteroatoms. The van der Waals surface area contributed by atoms with E-state index in [1.807, 2.05) is 0 Å². The first-order valence-electron chi connectivity index (χ1n) is 5.14. The molecule has 1 aliphatic heterocycles. The van der Waals surface area contributed by atoms with E-state index in [1.165, 1.54) is 0 Å². The molecule has 0 bridgehead atoms. The van der Waals surface area contributed by atoms with Gasteiger partial charge in [-0.3, -0.25) is 0 Å². The van der Waals surface area contributed by atoms with Crippen LogP contribution in [0.2, 0.25) is 0 Å². The predicted octanol–water partition coefficient (Wildman–Crippen LogP) is -3.03. The average Bonchev–Trinajstić information content (AvgIpc) is 2.82. The molecule has 2 heterocycles. The zero-order valence-electron chi connectivity index (χ0n) is 9.18. The molecular weight excluding hydrogens is 309 g/mol. The maximum atomic E-state index is 11.0. The number of amides is 1. The van der Waals surface area contributed by atoms with E-state index in [1.54, 1.807) is 0 Å². The summed E-state index contributed by atoms with van der Waals surface area (Å²) in [6, 6.07) is 0. The number of aromatic nitrogens is 1. The van der Waals surface area contributed by atoms with Gasteiger partial charge in [0.2, 0.25) is 0 Å². The van der Waals surface area contributed by atoms with Crippen molar-refractivity contribution in [3.8, 4) is 0 Å². The molecule has 1 saturated heterocycles. The number of primary amides is 1. The SMILES string of the molecule is NC(=O)c1nc(C2OC(CO)C(O)C2O)[se]c1N. The first-order chi connectivity index (χ1) is 8.45.